The van der Waals surface area contributed by atoms with E-state index in [2.05, 4.69) is 51.2 Å². The van der Waals surface area contributed by atoms with Crippen molar-refractivity contribution >= 4 is 57.9 Å². The maximum Gasteiger partial charge on any atom is 0.416 e. The number of methoxy groups -OCH3 is 2. The minimum Gasteiger partial charge on any atom is -0.467 e. The molecule has 2 aromatic heterocycles. The Balaban J connectivity index is 0.000000286. The Hall–Kier alpha value is -7.96. The summed E-state index contributed by atoms with van der Waals surface area (Å²) in [6, 6.07) is 3.16. The summed E-state index contributed by atoms with van der Waals surface area (Å²) >= 11 is 0. The zero-order chi connectivity index (χ0) is 60.4. The molecule has 0 bridgehead atoms. The van der Waals surface area contributed by atoms with Gasteiger partial charge >= 0.3 is 24.4 Å². The fourth-order valence-electron chi connectivity index (χ4n) is 7.28. The molecular formula is C48H70F6N16O10. The molecule has 0 atom stereocenters. The summed E-state index contributed by atoms with van der Waals surface area (Å²) in [5, 5.41) is 57.5. The molecule has 26 nitrogen and oxygen atoms in total. The summed E-state index contributed by atoms with van der Waals surface area (Å²) in [5.74, 6) is 2.60. The average molecular weight is 1150 g/mol. The number of alkyl halides is 6. The summed E-state index contributed by atoms with van der Waals surface area (Å²) in [6.45, 7) is 21.1. The number of nitro groups is 4. The Morgan fingerprint density at radius 2 is 0.738 bits per heavy atom. The van der Waals surface area contributed by atoms with E-state index in [-0.39, 0.29) is 47.4 Å². The highest BCUT2D eigenvalue weighted by Gasteiger charge is 2.42. The topological polar surface area (TPSA) is 323 Å². The lowest BCUT2D eigenvalue weighted by molar-refractivity contribution is -0.393. The number of hydrogen-bond acceptors (Lipinski definition) is 22. The van der Waals surface area contributed by atoms with Crippen LogP contribution in [0, 0.1) is 52.3 Å². The van der Waals surface area contributed by atoms with Gasteiger partial charge in [-0.1, -0.05) is 13.8 Å². The highest BCUT2D eigenvalue weighted by molar-refractivity contribution is 5.77. The van der Waals surface area contributed by atoms with E-state index in [9.17, 15) is 66.8 Å². The molecule has 2 saturated carbocycles. The third-order valence-corrected chi connectivity index (χ3v) is 10.8. The van der Waals surface area contributed by atoms with E-state index in [0.29, 0.717) is 99.1 Å². The minimum atomic E-state index is -4.90. The molecule has 4 aromatic rings. The molecule has 0 unspecified atom stereocenters. The predicted octanol–water partition coefficient (Wildman–Crippen LogP) is 11.3. The smallest absolute Gasteiger partial charge is 0.416 e. The third-order valence-electron chi connectivity index (χ3n) is 10.8. The number of rotatable bonds is 24. The first-order valence-corrected chi connectivity index (χ1v) is 25.6. The second-order valence-electron chi connectivity index (χ2n) is 19.7. The molecule has 32 heteroatoms. The van der Waals surface area contributed by atoms with Gasteiger partial charge in [0.15, 0.2) is 11.4 Å². The lowest BCUT2D eigenvalue weighted by Gasteiger charge is -2.24. The summed E-state index contributed by atoms with van der Waals surface area (Å²) in [7, 11) is 3.07. The summed E-state index contributed by atoms with van der Waals surface area (Å²) in [6.07, 6.45) is -5.07. The molecule has 0 saturated heterocycles. The number of aromatic nitrogens is 6. The van der Waals surface area contributed by atoms with Crippen LogP contribution in [0.3, 0.4) is 0 Å². The van der Waals surface area contributed by atoms with Crippen LogP contribution in [0.25, 0.3) is 0 Å². The minimum absolute atomic E-state index is 0.262. The fourth-order valence-corrected chi connectivity index (χ4v) is 7.28. The van der Waals surface area contributed by atoms with Gasteiger partial charge in [-0.25, -0.2) is 0 Å². The predicted molar refractivity (Wildman–Crippen MR) is 288 cm³/mol. The number of nitro benzene ring substituents is 4. The molecule has 2 aromatic carbocycles. The van der Waals surface area contributed by atoms with Crippen LogP contribution in [0.5, 0.6) is 12.0 Å². The van der Waals surface area contributed by atoms with Crippen LogP contribution in [0.15, 0.2) is 24.3 Å². The van der Waals surface area contributed by atoms with E-state index >= 15 is 0 Å². The van der Waals surface area contributed by atoms with E-state index in [1.807, 2.05) is 55.4 Å². The molecule has 444 valence electrons. The molecule has 80 heavy (non-hydrogen) atoms. The van der Waals surface area contributed by atoms with Gasteiger partial charge in [0, 0.05) is 74.6 Å². The van der Waals surface area contributed by atoms with Crippen molar-refractivity contribution in [3.05, 3.63) is 75.8 Å². The molecule has 0 radical (unpaired) electrons. The first kappa shape index (κ1) is 66.3. The second-order valence-corrected chi connectivity index (χ2v) is 19.7. The van der Waals surface area contributed by atoms with E-state index < -0.39 is 65.9 Å². The zero-order valence-corrected chi connectivity index (χ0v) is 46.6. The van der Waals surface area contributed by atoms with Gasteiger partial charge < -0.3 is 40.5 Å². The molecule has 0 spiro atoms. The van der Waals surface area contributed by atoms with Gasteiger partial charge in [-0.15, -0.1) is 0 Å². The van der Waals surface area contributed by atoms with Crippen molar-refractivity contribution in [3.63, 3.8) is 0 Å². The highest BCUT2D eigenvalue weighted by Crippen LogP contribution is 2.46. The van der Waals surface area contributed by atoms with Gasteiger partial charge in [0.2, 0.25) is 23.8 Å². The number of anilines is 6. The number of nitrogens with zero attached hydrogens (tertiary/aromatic N) is 12. The maximum atomic E-state index is 12.9. The maximum absolute atomic E-state index is 12.9. The molecule has 2 aliphatic carbocycles. The van der Waals surface area contributed by atoms with Crippen molar-refractivity contribution < 1.29 is 55.5 Å². The number of halogens is 6. The molecule has 0 aliphatic heterocycles. The van der Waals surface area contributed by atoms with Crippen LogP contribution in [-0.2, 0) is 12.4 Å². The number of benzene rings is 2. The molecular weight excluding hydrogens is 1070 g/mol. The lowest BCUT2D eigenvalue weighted by atomic mass is 10.1. The van der Waals surface area contributed by atoms with Crippen molar-refractivity contribution in [1.29, 1.82) is 0 Å². The SMILES string of the molecule is CCCN(CC1CC1)c1c([N+](=O)[O-])cc(C(F)(F)F)cc1[N+](=O)[O-].CCCN(CC1CC1)c1c([N+](=O)[O-])cc(C(F)(F)F)cc1[N+](=O)[O-].COc1nc(NC(C)C)nc(NC(C)C)n1.COc1nc(NC(C)C)nc(NC(C)C)n1. The van der Waals surface area contributed by atoms with Crippen LogP contribution < -0.4 is 40.5 Å². The Labute approximate surface area is 457 Å². The Morgan fingerprint density at radius 3 is 0.900 bits per heavy atom. The largest absolute Gasteiger partial charge is 0.467 e. The Bertz CT molecular complexity index is 2410. The lowest BCUT2D eigenvalue weighted by Crippen LogP contribution is -2.28. The van der Waals surface area contributed by atoms with E-state index in [1.54, 1.807) is 13.8 Å². The van der Waals surface area contributed by atoms with Crippen molar-refractivity contribution in [2.45, 2.75) is 144 Å². The molecule has 4 N–H and O–H groups in total. The molecule has 2 heterocycles. The van der Waals surface area contributed by atoms with Crippen LogP contribution >= 0.6 is 0 Å². The second kappa shape index (κ2) is 29.9. The molecule has 2 fully saturated rings. The van der Waals surface area contributed by atoms with Crippen LogP contribution in [-0.4, -0.2) is 114 Å². The number of nitrogens with one attached hydrogen (secondary N) is 4. The molecule has 0 amide bonds. The van der Waals surface area contributed by atoms with Gasteiger partial charge in [-0.05, 0) is 106 Å². The van der Waals surface area contributed by atoms with Crippen LogP contribution in [0.4, 0.5) is 84.3 Å². The van der Waals surface area contributed by atoms with E-state index in [1.165, 1.54) is 24.0 Å². The van der Waals surface area contributed by atoms with Gasteiger partial charge in [-0.3, -0.25) is 40.5 Å². The van der Waals surface area contributed by atoms with Crippen molar-refractivity contribution in [3.8, 4) is 12.0 Å². The van der Waals surface area contributed by atoms with Gasteiger partial charge in [0.05, 0.1) is 45.0 Å². The quantitative estimate of drug-likeness (QED) is 0.0288. The van der Waals surface area contributed by atoms with Gasteiger partial charge in [0.1, 0.15) is 0 Å². The summed E-state index contributed by atoms with van der Waals surface area (Å²) < 4.78 is 87.5. The monoisotopic (exact) mass is 1140 g/mol. The summed E-state index contributed by atoms with van der Waals surface area (Å²) in [5.41, 5.74) is -7.01. The first-order valence-electron chi connectivity index (χ1n) is 25.6. The Morgan fingerprint density at radius 1 is 0.500 bits per heavy atom. The van der Waals surface area contributed by atoms with Crippen molar-refractivity contribution in [2.75, 3.05) is 71.5 Å². The van der Waals surface area contributed by atoms with E-state index in [0.717, 1.165) is 25.7 Å². The first-order chi connectivity index (χ1) is 37.3. The van der Waals surface area contributed by atoms with Gasteiger partial charge in [-0.2, -0.15) is 56.2 Å². The van der Waals surface area contributed by atoms with Crippen molar-refractivity contribution in [2.24, 2.45) is 11.8 Å². The number of ether oxygens (including phenoxy) is 2. The molecule has 6 rings (SSSR count). The normalized spacial score (nSPS) is 13.0. The average Bonchev–Trinajstić information content (AvgIpc) is 4.30. The van der Waals surface area contributed by atoms with Crippen molar-refractivity contribution in [1.82, 2.24) is 29.9 Å². The Kier molecular flexibility index (Phi) is 24.8. The van der Waals surface area contributed by atoms with Crippen LogP contribution in [0.1, 0.15) is 119 Å². The van der Waals surface area contributed by atoms with E-state index in [4.69, 9.17) is 9.47 Å². The fraction of sp³-hybridized carbons (Fsp3) is 0.625. The standard InChI is InChI=1S/2C14H16F3N3O4.2C10H19N5O/c2*1-2-5-18(8-9-3-4-9)13-11(19(21)22)6-10(14(15,16)17)7-12(13)20(23)24;2*1-6(2)11-8-13-9(12-7(3)4)15-10(14-8)16-5/h2*6-7,9H,2-5,8H2,1H3;2*6-7H,1-5H3,(H2,11,12,13,14,15). The zero-order valence-electron chi connectivity index (χ0n) is 46.6. The number of hydrogen-bond donors (Lipinski definition) is 4. The third kappa shape index (κ3) is 21.7. The highest BCUT2D eigenvalue weighted by atomic mass is 19.4. The van der Waals surface area contributed by atoms with Crippen LogP contribution in [0.2, 0.25) is 0 Å². The summed E-state index contributed by atoms with van der Waals surface area (Å²) in [4.78, 5) is 68.9. The van der Waals surface area contributed by atoms with Gasteiger partial charge in [0.25, 0.3) is 22.7 Å². The molecule has 2 aliphatic rings.